The summed E-state index contributed by atoms with van der Waals surface area (Å²) in [5.41, 5.74) is 0. The Morgan fingerprint density at radius 3 is 1.92 bits per heavy atom. The molecule has 0 N–H and O–H groups in total. The average Bonchev–Trinajstić information content (AvgIpc) is 2.22. The van der Waals surface area contributed by atoms with Crippen LogP contribution < -0.4 is 0 Å². The van der Waals surface area contributed by atoms with Crippen LogP contribution in [0.4, 0.5) is 4.39 Å². The summed E-state index contributed by atoms with van der Waals surface area (Å²) in [7, 11) is 0. The lowest BCUT2D eigenvalue weighted by atomic mass is 10.4. The molecule has 0 saturated carbocycles. The van der Waals surface area contributed by atoms with Crippen LogP contribution in [0.3, 0.4) is 0 Å². The molecule has 0 aliphatic heterocycles. The monoisotopic (exact) mass is 185 g/mol. The van der Waals surface area contributed by atoms with Crippen molar-refractivity contribution < 1.29 is 4.39 Å². The summed E-state index contributed by atoms with van der Waals surface area (Å²) >= 11 is 0. The summed E-state index contributed by atoms with van der Waals surface area (Å²) < 4.78 is 11.8. The highest BCUT2D eigenvalue weighted by atomic mass is 19.1. The molecule has 1 heterocycles. The molecular weight excluding hydrogens is 165 g/mol. The third-order valence-electron chi connectivity index (χ3n) is 1.13. The second-order valence-corrected chi connectivity index (χ2v) is 2.17. The zero-order valence-electron chi connectivity index (χ0n) is 9.05. The Morgan fingerprint density at radius 2 is 1.77 bits per heavy atom. The quantitative estimate of drug-likeness (QED) is 0.643. The van der Waals surface area contributed by atoms with Crippen molar-refractivity contribution in [3.63, 3.8) is 0 Å². The fourth-order valence-electron chi connectivity index (χ4n) is 0.342. The molecule has 76 valence electrons. The Hall–Kier alpha value is -0.920. The van der Waals surface area contributed by atoms with E-state index in [-0.39, 0.29) is 5.82 Å². The van der Waals surface area contributed by atoms with Gasteiger partial charge in [0.1, 0.15) is 5.82 Å². The summed E-state index contributed by atoms with van der Waals surface area (Å²) in [6.07, 6.45) is 5.34. The van der Waals surface area contributed by atoms with Crippen LogP contribution in [-0.2, 0) is 0 Å². The highest BCUT2D eigenvalue weighted by molar-refractivity contribution is 4.92. The van der Waals surface area contributed by atoms with E-state index in [1.54, 1.807) is 6.07 Å². The summed E-state index contributed by atoms with van der Waals surface area (Å²) in [5, 5.41) is 0. The van der Waals surface area contributed by atoms with Crippen molar-refractivity contribution in [3.8, 4) is 0 Å². The van der Waals surface area contributed by atoms with E-state index in [9.17, 15) is 4.39 Å². The van der Waals surface area contributed by atoms with Crippen LogP contribution in [0, 0.1) is 5.82 Å². The number of halogens is 1. The maximum absolute atomic E-state index is 11.8. The van der Waals surface area contributed by atoms with Gasteiger partial charge in [0, 0.05) is 6.20 Å². The van der Waals surface area contributed by atoms with Gasteiger partial charge in [-0.15, -0.1) is 0 Å². The number of aromatic nitrogens is 1. The third-order valence-corrected chi connectivity index (χ3v) is 1.13. The second kappa shape index (κ2) is 13.7. The molecule has 0 aliphatic rings. The van der Waals surface area contributed by atoms with Crippen molar-refractivity contribution in [3.05, 3.63) is 30.3 Å². The molecular formula is C11H20FN. The van der Waals surface area contributed by atoms with Gasteiger partial charge in [-0.1, -0.05) is 40.5 Å². The summed E-state index contributed by atoms with van der Waals surface area (Å²) in [6, 6.07) is 2.91. The number of unbranched alkanes of at least 4 members (excludes halogenated alkanes) is 1. The number of rotatable bonds is 1. The van der Waals surface area contributed by atoms with Gasteiger partial charge in [-0.25, -0.2) is 4.39 Å². The van der Waals surface area contributed by atoms with Gasteiger partial charge in [-0.3, -0.25) is 4.98 Å². The van der Waals surface area contributed by atoms with Gasteiger partial charge in [-0.05, 0) is 12.1 Å². The van der Waals surface area contributed by atoms with Crippen LogP contribution in [0.1, 0.15) is 40.5 Å². The van der Waals surface area contributed by atoms with Crippen molar-refractivity contribution in [2.75, 3.05) is 0 Å². The minimum Gasteiger partial charge on any atom is -0.262 e. The number of hydrogen-bond donors (Lipinski definition) is 0. The van der Waals surface area contributed by atoms with Gasteiger partial charge in [0.05, 0.1) is 6.20 Å². The lowest BCUT2D eigenvalue weighted by Crippen LogP contribution is -1.70. The lowest BCUT2D eigenvalue weighted by Gasteiger charge is -1.78. The molecule has 1 rings (SSSR count). The molecule has 0 fully saturated rings. The summed E-state index contributed by atoms with van der Waals surface area (Å²) in [5.74, 6) is -0.289. The molecule has 0 unspecified atom stereocenters. The fourth-order valence-corrected chi connectivity index (χ4v) is 0.342. The Morgan fingerprint density at radius 1 is 1.23 bits per heavy atom. The van der Waals surface area contributed by atoms with Gasteiger partial charge in [0.15, 0.2) is 0 Å². The largest absolute Gasteiger partial charge is 0.262 e. The first-order valence-corrected chi connectivity index (χ1v) is 4.86. The topological polar surface area (TPSA) is 12.9 Å². The number of pyridine rings is 1. The van der Waals surface area contributed by atoms with Crippen LogP contribution in [0.15, 0.2) is 24.5 Å². The molecule has 0 amide bonds. The Labute approximate surface area is 81.0 Å². The molecule has 0 saturated heterocycles. The maximum Gasteiger partial charge on any atom is 0.141 e. The molecule has 13 heavy (non-hydrogen) atoms. The Kier molecular flexibility index (Phi) is 15.3. The molecule has 1 aromatic rings. The first kappa shape index (κ1) is 14.6. The molecule has 0 aliphatic carbocycles. The van der Waals surface area contributed by atoms with Crippen LogP contribution in [-0.4, -0.2) is 4.98 Å². The third kappa shape index (κ3) is 14.0. The van der Waals surface area contributed by atoms with Crippen LogP contribution in [0.5, 0.6) is 0 Å². The highest BCUT2D eigenvalue weighted by Crippen LogP contribution is 1.88. The van der Waals surface area contributed by atoms with E-state index in [1.807, 2.05) is 13.8 Å². The van der Waals surface area contributed by atoms with Gasteiger partial charge >= 0.3 is 0 Å². The minimum absolute atomic E-state index is 0.289. The highest BCUT2D eigenvalue weighted by Gasteiger charge is 1.78. The minimum atomic E-state index is -0.289. The van der Waals surface area contributed by atoms with Gasteiger partial charge in [-0.2, -0.15) is 0 Å². The van der Waals surface area contributed by atoms with Crippen molar-refractivity contribution in [1.82, 2.24) is 4.98 Å². The van der Waals surface area contributed by atoms with E-state index >= 15 is 0 Å². The first-order valence-electron chi connectivity index (χ1n) is 4.86. The summed E-state index contributed by atoms with van der Waals surface area (Å²) in [6.45, 7) is 8.36. The first-order chi connectivity index (χ1) is 6.31. The van der Waals surface area contributed by atoms with Gasteiger partial charge < -0.3 is 0 Å². The van der Waals surface area contributed by atoms with E-state index in [0.29, 0.717) is 0 Å². The molecule has 1 nitrogen and oxygen atoms in total. The average molecular weight is 185 g/mol. The SMILES string of the molecule is CC.CCCC.Fc1cccnc1. The van der Waals surface area contributed by atoms with Crippen LogP contribution >= 0.6 is 0 Å². The maximum atomic E-state index is 11.8. The molecule has 2 heteroatoms. The molecule has 1 aromatic heterocycles. The van der Waals surface area contributed by atoms with E-state index in [1.165, 1.54) is 31.3 Å². The van der Waals surface area contributed by atoms with Crippen LogP contribution in [0.25, 0.3) is 0 Å². The molecule has 0 atom stereocenters. The molecule has 0 aromatic carbocycles. The zero-order chi connectivity index (χ0) is 10.5. The molecule has 0 bridgehead atoms. The Bertz CT molecular complexity index is 161. The predicted octanol–water partition coefficient (Wildman–Crippen LogP) is 4.05. The number of hydrogen-bond acceptors (Lipinski definition) is 1. The number of nitrogens with zero attached hydrogens (tertiary/aromatic N) is 1. The van der Waals surface area contributed by atoms with Crippen LogP contribution in [0.2, 0.25) is 0 Å². The molecule has 0 spiro atoms. The fraction of sp³-hybridized carbons (Fsp3) is 0.545. The standard InChI is InChI=1S/C5H4FN.C4H10.C2H6/c6-5-2-1-3-7-4-5;1-3-4-2;1-2/h1-4H;3-4H2,1-2H3;1-2H3. The lowest BCUT2D eigenvalue weighted by molar-refractivity contribution is 0.621. The zero-order valence-corrected chi connectivity index (χ0v) is 9.05. The van der Waals surface area contributed by atoms with Crippen molar-refractivity contribution in [2.24, 2.45) is 0 Å². The van der Waals surface area contributed by atoms with E-state index in [0.717, 1.165) is 0 Å². The van der Waals surface area contributed by atoms with Gasteiger partial charge in [0.2, 0.25) is 0 Å². The Balaban J connectivity index is 0. The second-order valence-electron chi connectivity index (χ2n) is 2.17. The smallest absolute Gasteiger partial charge is 0.141 e. The van der Waals surface area contributed by atoms with Gasteiger partial charge in [0.25, 0.3) is 0 Å². The van der Waals surface area contributed by atoms with E-state index in [4.69, 9.17) is 0 Å². The van der Waals surface area contributed by atoms with E-state index in [2.05, 4.69) is 18.8 Å². The van der Waals surface area contributed by atoms with E-state index < -0.39 is 0 Å². The van der Waals surface area contributed by atoms with Crippen molar-refractivity contribution in [2.45, 2.75) is 40.5 Å². The normalized spacial score (nSPS) is 7.46. The predicted molar refractivity (Wildman–Crippen MR) is 56.1 cm³/mol. The van der Waals surface area contributed by atoms with Crippen molar-refractivity contribution >= 4 is 0 Å². The molecule has 0 radical (unpaired) electrons. The summed E-state index contributed by atoms with van der Waals surface area (Å²) in [4.78, 5) is 3.51. The van der Waals surface area contributed by atoms with Crippen molar-refractivity contribution in [1.29, 1.82) is 0 Å².